The van der Waals surface area contributed by atoms with Gasteiger partial charge in [0.05, 0.1) is 5.39 Å². The predicted molar refractivity (Wildman–Crippen MR) is 70.8 cm³/mol. The van der Waals surface area contributed by atoms with Crippen LogP contribution in [0, 0.1) is 18.6 Å². The summed E-state index contributed by atoms with van der Waals surface area (Å²) in [5.74, 6) is 0. The van der Waals surface area contributed by atoms with Crippen molar-refractivity contribution in [2.24, 2.45) is 0 Å². The van der Waals surface area contributed by atoms with Crippen LogP contribution in [0.5, 0.6) is 0 Å². The van der Waals surface area contributed by atoms with Gasteiger partial charge in [-0.1, -0.05) is 0 Å². The first-order valence-electron chi connectivity index (χ1n) is 4.86. The summed E-state index contributed by atoms with van der Waals surface area (Å²) < 4.78 is 1.90. The molecule has 0 aromatic carbocycles. The Labute approximate surface area is 102 Å². The number of nitrogens with zero attached hydrogens (tertiary/aromatic N) is 2. The summed E-state index contributed by atoms with van der Waals surface area (Å²) in [6.45, 7) is 3.97. The lowest BCUT2D eigenvalue weighted by molar-refractivity contribution is 0.680. The average molecular weight is 255 g/mol. The van der Waals surface area contributed by atoms with Crippen molar-refractivity contribution in [2.75, 3.05) is 19.1 Å². The highest BCUT2D eigenvalue weighted by molar-refractivity contribution is 7.71. The first kappa shape index (κ1) is 11.3. The van der Waals surface area contributed by atoms with Crippen LogP contribution in [0.25, 0.3) is 10.2 Å². The minimum absolute atomic E-state index is 0.0504. The molecule has 2 aromatic heterocycles. The van der Waals surface area contributed by atoms with E-state index in [1.165, 1.54) is 4.68 Å². The third-order valence-corrected chi connectivity index (χ3v) is 4.00. The van der Waals surface area contributed by atoms with Crippen LogP contribution in [0.15, 0.2) is 4.79 Å². The number of thiophene rings is 1. The summed E-state index contributed by atoms with van der Waals surface area (Å²) in [5.41, 5.74) is 0.984. The largest absolute Gasteiger partial charge is 0.322 e. The second kappa shape index (κ2) is 3.71. The van der Waals surface area contributed by atoms with E-state index >= 15 is 0 Å². The molecule has 86 valence electrons. The number of H-pyrrole nitrogens is 1. The second-order valence-corrected chi connectivity index (χ2v) is 5.49. The van der Waals surface area contributed by atoms with Crippen molar-refractivity contribution in [1.29, 1.82) is 0 Å². The van der Waals surface area contributed by atoms with Gasteiger partial charge in [0.25, 0.3) is 5.56 Å². The number of rotatable bonds is 1. The summed E-state index contributed by atoms with van der Waals surface area (Å²) in [6, 6.07) is 0. The van der Waals surface area contributed by atoms with E-state index in [0.717, 1.165) is 20.7 Å². The maximum absolute atomic E-state index is 12.3. The van der Waals surface area contributed by atoms with Crippen LogP contribution in [0.2, 0.25) is 0 Å². The van der Waals surface area contributed by atoms with Gasteiger partial charge in [0, 0.05) is 19.0 Å². The standard InChI is InChI=1S/C10H13N3OS2/c1-5-6(2)16-8-7(5)9(14)13(12(3)4)10(15)11-8/h1-4H3,(H,11,15). The molecular weight excluding hydrogens is 242 g/mol. The third kappa shape index (κ3) is 1.49. The zero-order valence-electron chi connectivity index (χ0n) is 9.62. The molecule has 0 unspecified atom stereocenters. The summed E-state index contributed by atoms with van der Waals surface area (Å²) in [4.78, 5) is 17.4. The molecule has 0 amide bonds. The molecule has 4 nitrogen and oxygen atoms in total. The number of aromatic nitrogens is 2. The van der Waals surface area contributed by atoms with Gasteiger partial charge in [-0.15, -0.1) is 11.3 Å². The molecule has 0 aliphatic heterocycles. The van der Waals surface area contributed by atoms with Crippen molar-refractivity contribution in [3.8, 4) is 0 Å². The summed E-state index contributed by atoms with van der Waals surface area (Å²) in [7, 11) is 3.59. The van der Waals surface area contributed by atoms with Crippen LogP contribution in [-0.2, 0) is 0 Å². The molecule has 1 N–H and O–H groups in total. The summed E-state index contributed by atoms with van der Waals surface area (Å²) >= 11 is 6.74. The lowest BCUT2D eigenvalue weighted by Crippen LogP contribution is -2.37. The van der Waals surface area contributed by atoms with E-state index in [-0.39, 0.29) is 5.56 Å². The Balaban J connectivity index is 3.03. The van der Waals surface area contributed by atoms with Crippen LogP contribution in [-0.4, -0.2) is 23.8 Å². The maximum atomic E-state index is 12.3. The van der Waals surface area contributed by atoms with Crippen LogP contribution in [0.4, 0.5) is 0 Å². The highest BCUT2D eigenvalue weighted by Crippen LogP contribution is 2.25. The quantitative estimate of drug-likeness (QED) is 0.792. The first-order valence-corrected chi connectivity index (χ1v) is 6.08. The van der Waals surface area contributed by atoms with Crippen molar-refractivity contribution in [1.82, 2.24) is 9.66 Å². The number of hydrogen-bond donors (Lipinski definition) is 1. The van der Waals surface area contributed by atoms with Gasteiger partial charge in [0.1, 0.15) is 4.83 Å². The molecule has 2 heterocycles. The van der Waals surface area contributed by atoms with Crippen LogP contribution < -0.4 is 10.6 Å². The van der Waals surface area contributed by atoms with Gasteiger partial charge < -0.3 is 9.99 Å². The molecule has 0 fully saturated rings. The molecule has 0 radical (unpaired) electrons. The fourth-order valence-electron chi connectivity index (χ4n) is 1.68. The lowest BCUT2D eigenvalue weighted by Gasteiger charge is -2.15. The highest BCUT2D eigenvalue weighted by atomic mass is 32.1. The van der Waals surface area contributed by atoms with E-state index in [2.05, 4.69) is 4.98 Å². The van der Waals surface area contributed by atoms with Gasteiger partial charge in [0.2, 0.25) is 0 Å². The fraction of sp³-hybridized carbons (Fsp3) is 0.400. The number of aryl methyl sites for hydroxylation is 2. The first-order chi connectivity index (χ1) is 7.43. The molecule has 2 rings (SSSR count). The van der Waals surface area contributed by atoms with Crippen molar-refractivity contribution in [2.45, 2.75) is 13.8 Å². The Bertz CT molecular complexity index is 663. The lowest BCUT2D eigenvalue weighted by atomic mass is 10.2. The monoisotopic (exact) mass is 255 g/mol. The van der Waals surface area contributed by atoms with Gasteiger partial charge in [0.15, 0.2) is 4.77 Å². The normalized spacial score (nSPS) is 11.0. The summed E-state index contributed by atoms with van der Waals surface area (Å²) in [5, 5.41) is 2.43. The molecule has 0 aliphatic carbocycles. The highest BCUT2D eigenvalue weighted by Gasteiger charge is 2.13. The molecule has 16 heavy (non-hydrogen) atoms. The molecule has 0 saturated carbocycles. The van der Waals surface area contributed by atoms with Crippen LogP contribution in [0.3, 0.4) is 0 Å². The topological polar surface area (TPSA) is 41.0 Å². The molecule has 0 bridgehead atoms. The number of aromatic amines is 1. The smallest absolute Gasteiger partial charge is 0.282 e. The van der Waals surface area contributed by atoms with Crippen molar-refractivity contribution >= 4 is 33.8 Å². The van der Waals surface area contributed by atoms with Gasteiger partial charge in [-0.05, 0) is 31.6 Å². The van der Waals surface area contributed by atoms with E-state index in [1.54, 1.807) is 30.4 Å². The molecule has 0 aliphatic rings. The Hall–Kier alpha value is -1.14. The van der Waals surface area contributed by atoms with Crippen molar-refractivity contribution in [3.05, 3.63) is 25.6 Å². The van der Waals surface area contributed by atoms with E-state index in [0.29, 0.717) is 4.77 Å². The Morgan fingerprint density at radius 1 is 1.38 bits per heavy atom. The van der Waals surface area contributed by atoms with Crippen molar-refractivity contribution in [3.63, 3.8) is 0 Å². The van der Waals surface area contributed by atoms with Gasteiger partial charge in [-0.25, -0.2) is 0 Å². The molecule has 0 atom stereocenters. The zero-order valence-corrected chi connectivity index (χ0v) is 11.3. The van der Waals surface area contributed by atoms with E-state index in [4.69, 9.17) is 12.2 Å². The number of nitrogens with one attached hydrogen (secondary N) is 1. The Morgan fingerprint density at radius 3 is 2.56 bits per heavy atom. The molecule has 0 spiro atoms. The SMILES string of the molecule is Cc1sc2[nH]c(=S)n(N(C)C)c(=O)c2c1C. The molecule has 6 heteroatoms. The fourth-order valence-corrected chi connectivity index (χ4v) is 3.15. The Morgan fingerprint density at radius 2 is 2.00 bits per heavy atom. The van der Waals surface area contributed by atoms with Crippen molar-refractivity contribution < 1.29 is 0 Å². The third-order valence-electron chi connectivity index (χ3n) is 2.60. The maximum Gasteiger partial charge on any atom is 0.282 e. The average Bonchev–Trinajstić information content (AvgIpc) is 2.41. The molecule has 0 saturated heterocycles. The second-order valence-electron chi connectivity index (χ2n) is 3.88. The van der Waals surface area contributed by atoms with E-state index < -0.39 is 0 Å². The Kier molecular flexibility index (Phi) is 2.63. The van der Waals surface area contributed by atoms with E-state index in [9.17, 15) is 4.79 Å². The van der Waals surface area contributed by atoms with E-state index in [1.807, 2.05) is 13.8 Å². The molecular formula is C10H13N3OS2. The predicted octanol–water partition coefficient (Wildman–Crippen LogP) is 1.94. The number of hydrogen-bond acceptors (Lipinski definition) is 4. The van der Waals surface area contributed by atoms with Gasteiger partial charge in [-0.3, -0.25) is 4.79 Å². The van der Waals surface area contributed by atoms with Gasteiger partial charge >= 0.3 is 0 Å². The van der Waals surface area contributed by atoms with Gasteiger partial charge in [-0.2, -0.15) is 4.68 Å². The molecule has 2 aromatic rings. The van der Waals surface area contributed by atoms with Crippen LogP contribution >= 0.6 is 23.6 Å². The number of fused-ring (bicyclic) bond motifs is 1. The minimum atomic E-state index is -0.0504. The summed E-state index contributed by atoms with van der Waals surface area (Å²) in [6.07, 6.45) is 0. The minimum Gasteiger partial charge on any atom is -0.322 e. The zero-order chi connectivity index (χ0) is 12.0. The van der Waals surface area contributed by atoms with Crippen LogP contribution in [0.1, 0.15) is 10.4 Å².